The maximum Gasteiger partial charge on any atom is 0.261 e. The molecule has 0 bridgehead atoms. The van der Waals surface area contributed by atoms with Crippen molar-refractivity contribution < 1.29 is 9.18 Å². The predicted molar refractivity (Wildman–Crippen MR) is 113 cm³/mol. The summed E-state index contributed by atoms with van der Waals surface area (Å²) in [7, 11) is 1.11. The van der Waals surface area contributed by atoms with E-state index in [9.17, 15) is 9.18 Å². The van der Waals surface area contributed by atoms with Gasteiger partial charge in [-0.3, -0.25) is 9.69 Å². The van der Waals surface area contributed by atoms with Gasteiger partial charge >= 0.3 is 0 Å². The quantitative estimate of drug-likeness (QED) is 0.439. The molecule has 138 valence electrons. The van der Waals surface area contributed by atoms with Crippen molar-refractivity contribution in [2.24, 2.45) is 4.99 Å². The molecule has 27 heavy (non-hydrogen) atoms. The fourth-order valence-electron chi connectivity index (χ4n) is 2.69. The van der Waals surface area contributed by atoms with Crippen molar-refractivity contribution in [3.05, 3.63) is 59.4 Å². The molecule has 2 aromatic rings. The van der Waals surface area contributed by atoms with Crippen LogP contribution in [0.1, 0.15) is 18.1 Å². The lowest BCUT2D eigenvalue weighted by molar-refractivity contribution is -0.120. The van der Waals surface area contributed by atoms with Crippen molar-refractivity contribution in [2.45, 2.75) is 24.3 Å². The second-order valence-electron chi connectivity index (χ2n) is 6.25. The summed E-state index contributed by atoms with van der Waals surface area (Å²) in [5.74, 6) is -0.0319. The Kier molecular flexibility index (Phi) is 5.84. The number of aliphatic imine (C=N–C) groups is 1. The number of thioether (sulfide) groups is 1. The summed E-state index contributed by atoms with van der Waals surface area (Å²) in [5, 5.41) is 9.60. The molecule has 1 aliphatic heterocycles. The average molecular weight is 418 g/mol. The van der Waals surface area contributed by atoms with Gasteiger partial charge in [-0.25, -0.2) is 9.38 Å². The first-order valence-electron chi connectivity index (χ1n) is 8.03. The number of benzene rings is 2. The summed E-state index contributed by atoms with van der Waals surface area (Å²) in [5.41, 5.74) is 1.07. The first-order valence-corrected chi connectivity index (χ1v) is 10.9. The second kappa shape index (κ2) is 7.97. The lowest BCUT2D eigenvalue weighted by Crippen LogP contribution is -2.42. The molecule has 0 spiro atoms. The monoisotopic (exact) mass is 417 g/mol. The van der Waals surface area contributed by atoms with Gasteiger partial charge in [0, 0.05) is 10.6 Å². The van der Waals surface area contributed by atoms with E-state index in [1.165, 1.54) is 28.8 Å². The molecule has 0 aliphatic carbocycles. The minimum atomic E-state index is -0.952. The van der Waals surface area contributed by atoms with E-state index in [-0.39, 0.29) is 11.7 Å². The molecule has 1 heterocycles. The molecule has 0 radical (unpaired) electrons. The Morgan fingerprint density at radius 3 is 2.59 bits per heavy atom. The van der Waals surface area contributed by atoms with Gasteiger partial charge in [-0.1, -0.05) is 0 Å². The largest absolute Gasteiger partial charge is 0.271 e. The van der Waals surface area contributed by atoms with Gasteiger partial charge in [-0.05, 0) is 72.7 Å². The lowest BCUT2D eigenvalue weighted by Gasteiger charge is -2.22. The number of rotatable bonds is 4. The third kappa shape index (κ3) is 4.00. The van der Waals surface area contributed by atoms with E-state index in [2.05, 4.69) is 22.7 Å². The number of halogens is 1. The normalized spacial score (nSPS) is 19.1. The Morgan fingerprint density at radius 2 is 2.00 bits per heavy atom. The highest BCUT2D eigenvalue weighted by atomic mass is 33.1. The first-order chi connectivity index (χ1) is 12.9. The van der Waals surface area contributed by atoms with Crippen LogP contribution in [-0.4, -0.2) is 22.4 Å². The summed E-state index contributed by atoms with van der Waals surface area (Å²) < 4.78 is 13.1. The summed E-state index contributed by atoms with van der Waals surface area (Å²) in [6, 6.07) is 13.5. The smallest absolute Gasteiger partial charge is 0.261 e. The topological polar surface area (TPSA) is 56.5 Å². The molecule has 1 atom stereocenters. The molecule has 0 N–H and O–H groups in total. The van der Waals surface area contributed by atoms with Crippen LogP contribution < -0.4 is 4.90 Å². The van der Waals surface area contributed by atoms with Crippen LogP contribution in [-0.2, 0) is 4.79 Å². The number of thiol groups is 1. The van der Waals surface area contributed by atoms with Gasteiger partial charge in [0.15, 0.2) is 5.17 Å². The standard InChI is InChI=1S/C19H16FN3OS3/c1-12-9-15(6-3-13(12)10-21)23-17(24)19(2,22-18(23)27-25)11-26-16-7-4-14(20)5-8-16/h3-9,25H,11H2,1-2H3. The van der Waals surface area contributed by atoms with Crippen LogP contribution in [0.15, 0.2) is 52.4 Å². The Balaban J connectivity index is 1.85. The van der Waals surface area contributed by atoms with Crippen molar-refractivity contribution in [2.75, 3.05) is 10.7 Å². The van der Waals surface area contributed by atoms with Crippen molar-refractivity contribution in [1.29, 1.82) is 5.26 Å². The molecular formula is C19H16FN3OS3. The molecule has 0 aromatic heterocycles. The van der Waals surface area contributed by atoms with Crippen LogP contribution in [0.2, 0.25) is 0 Å². The minimum absolute atomic E-state index is 0.155. The van der Waals surface area contributed by atoms with Crippen molar-refractivity contribution >= 4 is 51.0 Å². The van der Waals surface area contributed by atoms with E-state index in [0.717, 1.165) is 21.3 Å². The fraction of sp³-hybridized carbons (Fsp3) is 0.211. The van der Waals surface area contributed by atoms with Gasteiger partial charge in [-0.2, -0.15) is 5.26 Å². The molecule has 1 aliphatic rings. The van der Waals surface area contributed by atoms with Crippen LogP contribution in [0.5, 0.6) is 0 Å². The maximum absolute atomic E-state index is 13.2. The SMILES string of the molecule is Cc1cc(N2C(=O)C(C)(CSc3ccc(F)cc3)N=C2SS)ccc1C#N. The summed E-state index contributed by atoms with van der Waals surface area (Å²) in [6.07, 6.45) is 0. The highest BCUT2D eigenvalue weighted by molar-refractivity contribution is 8.75. The van der Waals surface area contributed by atoms with E-state index >= 15 is 0 Å². The van der Waals surface area contributed by atoms with Crippen molar-refractivity contribution in [1.82, 2.24) is 0 Å². The van der Waals surface area contributed by atoms with Gasteiger partial charge in [-0.15, -0.1) is 23.4 Å². The maximum atomic E-state index is 13.2. The van der Waals surface area contributed by atoms with Gasteiger partial charge in [0.05, 0.1) is 17.3 Å². The number of hydrogen-bond donors (Lipinski definition) is 1. The van der Waals surface area contributed by atoms with E-state index < -0.39 is 5.54 Å². The molecule has 3 rings (SSSR count). The molecule has 0 saturated carbocycles. The highest BCUT2D eigenvalue weighted by Gasteiger charge is 2.45. The van der Waals surface area contributed by atoms with E-state index in [1.54, 1.807) is 37.3 Å². The predicted octanol–water partition coefficient (Wildman–Crippen LogP) is 4.84. The Bertz CT molecular complexity index is 956. The Labute approximate surface area is 170 Å². The number of amides is 1. The molecular weight excluding hydrogens is 401 g/mol. The minimum Gasteiger partial charge on any atom is -0.271 e. The first kappa shape index (κ1) is 19.8. The number of anilines is 1. The lowest BCUT2D eigenvalue weighted by atomic mass is 10.0. The molecule has 4 nitrogen and oxygen atoms in total. The number of nitrogens with zero attached hydrogens (tertiary/aromatic N) is 3. The number of hydrogen-bond acceptors (Lipinski definition) is 6. The number of carbonyl (C=O) groups excluding carboxylic acids is 1. The molecule has 1 unspecified atom stereocenters. The molecule has 8 heteroatoms. The Morgan fingerprint density at radius 1 is 1.30 bits per heavy atom. The molecule has 2 aromatic carbocycles. The van der Waals surface area contributed by atoms with Crippen LogP contribution >= 0.6 is 34.2 Å². The summed E-state index contributed by atoms with van der Waals surface area (Å²) in [6.45, 7) is 3.61. The van der Waals surface area contributed by atoms with Crippen molar-refractivity contribution in [3.63, 3.8) is 0 Å². The van der Waals surface area contributed by atoms with Gasteiger partial charge in [0.25, 0.3) is 5.91 Å². The molecule has 0 saturated heterocycles. The number of nitriles is 1. The Hall–Kier alpha value is -1.95. The van der Waals surface area contributed by atoms with E-state index in [1.807, 2.05) is 6.92 Å². The molecule has 1 amide bonds. The highest BCUT2D eigenvalue weighted by Crippen LogP contribution is 2.36. The van der Waals surface area contributed by atoms with Gasteiger partial charge < -0.3 is 0 Å². The zero-order valence-electron chi connectivity index (χ0n) is 14.6. The van der Waals surface area contributed by atoms with E-state index in [0.29, 0.717) is 22.2 Å². The summed E-state index contributed by atoms with van der Waals surface area (Å²) in [4.78, 5) is 20.2. The van der Waals surface area contributed by atoms with Crippen LogP contribution in [0.3, 0.4) is 0 Å². The van der Waals surface area contributed by atoms with Gasteiger partial charge in [0.1, 0.15) is 11.4 Å². The number of aryl methyl sites for hydroxylation is 1. The zero-order valence-corrected chi connectivity index (χ0v) is 17.2. The second-order valence-corrected chi connectivity index (χ2v) is 8.40. The summed E-state index contributed by atoms with van der Waals surface area (Å²) >= 11 is 5.70. The number of amidine groups is 1. The average Bonchev–Trinajstić information content (AvgIpc) is 2.92. The number of carbonyl (C=O) groups is 1. The van der Waals surface area contributed by atoms with E-state index in [4.69, 9.17) is 5.26 Å². The zero-order chi connectivity index (χ0) is 19.6. The third-order valence-corrected chi connectivity index (χ3v) is 6.44. The fourth-order valence-corrected chi connectivity index (χ4v) is 4.53. The van der Waals surface area contributed by atoms with Crippen LogP contribution in [0.4, 0.5) is 10.1 Å². The van der Waals surface area contributed by atoms with Crippen LogP contribution in [0, 0.1) is 24.1 Å². The van der Waals surface area contributed by atoms with Crippen molar-refractivity contribution in [3.8, 4) is 6.07 Å². The van der Waals surface area contributed by atoms with Crippen LogP contribution in [0.25, 0.3) is 0 Å². The third-order valence-electron chi connectivity index (χ3n) is 4.20. The van der Waals surface area contributed by atoms with Gasteiger partial charge in [0.2, 0.25) is 0 Å². The molecule has 0 fully saturated rings.